The van der Waals surface area contributed by atoms with Crippen molar-refractivity contribution in [3.8, 4) is 0 Å². The molecule has 1 unspecified atom stereocenters. The van der Waals surface area contributed by atoms with E-state index in [9.17, 15) is 9.59 Å². The Labute approximate surface area is 171 Å². The summed E-state index contributed by atoms with van der Waals surface area (Å²) in [7, 11) is 0. The zero-order valence-electron chi connectivity index (χ0n) is 17.0. The summed E-state index contributed by atoms with van der Waals surface area (Å²) < 4.78 is 0. The van der Waals surface area contributed by atoms with Gasteiger partial charge in [-0.2, -0.15) is 0 Å². The van der Waals surface area contributed by atoms with E-state index in [1.165, 1.54) is 0 Å². The fraction of sp³-hybridized carbons (Fsp3) is 0.455. The van der Waals surface area contributed by atoms with E-state index < -0.39 is 0 Å². The average Bonchev–Trinajstić information content (AvgIpc) is 3.14. The Morgan fingerprint density at radius 2 is 1.90 bits per heavy atom. The van der Waals surface area contributed by atoms with Crippen LogP contribution >= 0.6 is 0 Å². The lowest BCUT2D eigenvalue weighted by atomic mass is 10.1. The molecule has 1 aromatic heterocycles. The second kappa shape index (κ2) is 8.19. The lowest BCUT2D eigenvalue weighted by molar-refractivity contribution is -0.136. The minimum atomic E-state index is -0.264. The molecule has 2 amide bonds. The van der Waals surface area contributed by atoms with Crippen LogP contribution in [0.2, 0.25) is 0 Å². The number of carbonyl (C=O) groups excluding carboxylic acids is 2. The number of benzene rings is 1. The Bertz CT molecular complexity index is 908. The number of rotatable bonds is 4. The molecule has 0 spiro atoms. The van der Waals surface area contributed by atoms with E-state index in [1.807, 2.05) is 42.2 Å². The van der Waals surface area contributed by atoms with Crippen LogP contribution in [0, 0.1) is 12.8 Å². The smallest absolute Gasteiger partial charge is 0.228 e. The average molecular weight is 393 g/mol. The number of amides is 2. The van der Waals surface area contributed by atoms with Crippen molar-refractivity contribution in [3.05, 3.63) is 47.9 Å². The van der Waals surface area contributed by atoms with E-state index in [4.69, 9.17) is 0 Å². The molecule has 0 bridgehead atoms. The summed E-state index contributed by atoms with van der Waals surface area (Å²) in [6.45, 7) is 7.22. The summed E-state index contributed by atoms with van der Waals surface area (Å²) in [6.07, 6.45) is 2.92. The quantitative estimate of drug-likeness (QED) is 0.795. The Morgan fingerprint density at radius 3 is 2.62 bits per heavy atom. The molecule has 1 aromatic carbocycles. The minimum Gasteiger partial charge on any atom is -0.353 e. The molecule has 2 aliphatic rings. The molecule has 0 aliphatic carbocycles. The van der Waals surface area contributed by atoms with Crippen molar-refractivity contribution in [3.63, 3.8) is 0 Å². The lowest BCUT2D eigenvalue weighted by Gasteiger charge is -2.36. The van der Waals surface area contributed by atoms with Crippen molar-refractivity contribution in [1.82, 2.24) is 14.9 Å². The van der Waals surface area contributed by atoms with Crippen LogP contribution in [0.15, 0.2) is 36.5 Å². The first-order chi connectivity index (χ1) is 14.1. The molecule has 0 N–H and O–H groups in total. The largest absolute Gasteiger partial charge is 0.353 e. The summed E-state index contributed by atoms with van der Waals surface area (Å²) >= 11 is 0. The first kappa shape index (κ1) is 19.4. The number of carbonyl (C=O) groups is 2. The molecule has 2 saturated heterocycles. The topological polar surface area (TPSA) is 69.6 Å². The van der Waals surface area contributed by atoms with Gasteiger partial charge < -0.3 is 14.7 Å². The van der Waals surface area contributed by atoms with Gasteiger partial charge in [-0.1, -0.05) is 25.1 Å². The lowest BCUT2D eigenvalue weighted by Crippen LogP contribution is -2.51. The number of hydrogen-bond acceptors (Lipinski definition) is 5. The first-order valence-electron chi connectivity index (χ1n) is 10.3. The molecule has 2 fully saturated rings. The summed E-state index contributed by atoms with van der Waals surface area (Å²) in [5, 5.41) is 0. The van der Waals surface area contributed by atoms with Gasteiger partial charge in [-0.05, 0) is 31.0 Å². The fourth-order valence-corrected chi connectivity index (χ4v) is 4.21. The highest BCUT2D eigenvalue weighted by atomic mass is 16.2. The third kappa shape index (κ3) is 3.95. The van der Waals surface area contributed by atoms with E-state index in [-0.39, 0.29) is 17.7 Å². The minimum absolute atomic E-state index is 0.0411. The van der Waals surface area contributed by atoms with E-state index >= 15 is 0 Å². The summed E-state index contributed by atoms with van der Waals surface area (Å²) in [5.74, 6) is 1.52. The third-order valence-electron chi connectivity index (χ3n) is 5.81. The van der Waals surface area contributed by atoms with Gasteiger partial charge >= 0.3 is 0 Å². The zero-order valence-corrected chi connectivity index (χ0v) is 17.0. The maximum atomic E-state index is 13.1. The molecular weight excluding hydrogens is 366 g/mol. The zero-order chi connectivity index (χ0) is 20.4. The Hall–Kier alpha value is -2.96. The van der Waals surface area contributed by atoms with Crippen molar-refractivity contribution in [2.75, 3.05) is 42.5 Å². The summed E-state index contributed by atoms with van der Waals surface area (Å²) in [5.41, 5.74) is 2.09. The van der Waals surface area contributed by atoms with Crippen LogP contribution in [0.4, 0.5) is 11.5 Å². The highest BCUT2D eigenvalue weighted by Crippen LogP contribution is 2.29. The van der Waals surface area contributed by atoms with Gasteiger partial charge in [-0.3, -0.25) is 9.59 Å². The highest BCUT2D eigenvalue weighted by molar-refractivity contribution is 6.00. The van der Waals surface area contributed by atoms with Crippen molar-refractivity contribution in [2.24, 2.45) is 5.92 Å². The molecule has 4 rings (SSSR count). The van der Waals surface area contributed by atoms with Gasteiger partial charge in [-0.25, -0.2) is 9.97 Å². The number of para-hydroxylation sites is 1. The van der Waals surface area contributed by atoms with Gasteiger partial charge in [0.1, 0.15) is 11.6 Å². The molecule has 2 aromatic rings. The molecular formula is C22H27N5O2. The van der Waals surface area contributed by atoms with E-state index in [0.717, 1.165) is 42.4 Å². The van der Waals surface area contributed by atoms with Crippen LogP contribution in [0.1, 0.15) is 24.7 Å². The summed E-state index contributed by atoms with van der Waals surface area (Å²) in [4.78, 5) is 40.2. The first-order valence-corrected chi connectivity index (χ1v) is 10.3. The van der Waals surface area contributed by atoms with Crippen LogP contribution in [-0.4, -0.2) is 59.4 Å². The molecule has 152 valence electrons. The van der Waals surface area contributed by atoms with Gasteiger partial charge in [0.15, 0.2) is 0 Å². The Morgan fingerprint density at radius 1 is 1.14 bits per heavy atom. The number of piperazine rings is 1. The molecule has 29 heavy (non-hydrogen) atoms. The number of anilines is 2. The number of aryl methyl sites for hydroxylation is 2. The van der Waals surface area contributed by atoms with Crippen molar-refractivity contribution < 1.29 is 9.59 Å². The van der Waals surface area contributed by atoms with E-state index in [2.05, 4.69) is 21.8 Å². The third-order valence-corrected chi connectivity index (χ3v) is 5.81. The Kier molecular flexibility index (Phi) is 5.47. The second-order valence-electron chi connectivity index (χ2n) is 7.66. The standard InChI is InChI=1S/C22H27N5O2/c1-3-17-6-4-5-7-19(17)27-15-18(14-21(27)28)22(29)26-12-10-25(11-13-26)20-8-9-23-16(2)24-20/h4-9,18H,3,10-15H2,1-2H3. The fourth-order valence-electron chi connectivity index (χ4n) is 4.21. The molecule has 1 atom stereocenters. The van der Waals surface area contributed by atoms with Crippen LogP contribution in [-0.2, 0) is 16.0 Å². The van der Waals surface area contributed by atoms with Crippen LogP contribution in [0.25, 0.3) is 0 Å². The van der Waals surface area contributed by atoms with Crippen molar-refractivity contribution in [1.29, 1.82) is 0 Å². The van der Waals surface area contributed by atoms with Gasteiger partial charge in [0, 0.05) is 51.0 Å². The highest BCUT2D eigenvalue weighted by Gasteiger charge is 2.38. The molecule has 0 saturated carbocycles. The van der Waals surface area contributed by atoms with Crippen LogP contribution < -0.4 is 9.80 Å². The molecule has 7 nitrogen and oxygen atoms in total. The summed E-state index contributed by atoms with van der Waals surface area (Å²) in [6, 6.07) is 9.87. The van der Waals surface area contributed by atoms with Crippen molar-refractivity contribution in [2.45, 2.75) is 26.7 Å². The van der Waals surface area contributed by atoms with Gasteiger partial charge in [-0.15, -0.1) is 0 Å². The second-order valence-corrected chi connectivity index (χ2v) is 7.66. The predicted octanol–water partition coefficient (Wildman–Crippen LogP) is 2.05. The van der Waals surface area contributed by atoms with Crippen LogP contribution in [0.5, 0.6) is 0 Å². The maximum absolute atomic E-state index is 13.1. The predicted molar refractivity (Wildman–Crippen MR) is 112 cm³/mol. The maximum Gasteiger partial charge on any atom is 0.228 e. The van der Waals surface area contributed by atoms with E-state index in [1.54, 1.807) is 11.1 Å². The molecule has 3 heterocycles. The normalized spacial score (nSPS) is 19.7. The van der Waals surface area contributed by atoms with Crippen LogP contribution in [0.3, 0.4) is 0 Å². The van der Waals surface area contributed by atoms with Crippen molar-refractivity contribution >= 4 is 23.3 Å². The Balaban J connectivity index is 1.39. The van der Waals surface area contributed by atoms with E-state index in [0.29, 0.717) is 26.1 Å². The number of nitrogens with zero attached hydrogens (tertiary/aromatic N) is 5. The SMILES string of the molecule is CCc1ccccc1N1CC(C(=O)N2CCN(c3ccnc(C)n3)CC2)CC1=O. The molecule has 2 aliphatic heterocycles. The van der Waals surface area contributed by atoms with Gasteiger partial charge in [0.05, 0.1) is 5.92 Å². The molecule has 7 heteroatoms. The van der Waals surface area contributed by atoms with Gasteiger partial charge in [0.2, 0.25) is 11.8 Å². The monoisotopic (exact) mass is 393 g/mol. The molecule has 0 radical (unpaired) electrons. The number of hydrogen-bond donors (Lipinski definition) is 0. The number of aromatic nitrogens is 2. The van der Waals surface area contributed by atoms with Gasteiger partial charge in [0.25, 0.3) is 0 Å².